The third kappa shape index (κ3) is 7.16. The van der Waals surface area contributed by atoms with E-state index in [1.54, 1.807) is 45.0 Å². The molecule has 0 saturated heterocycles. The predicted octanol–water partition coefficient (Wildman–Crippen LogP) is 1.78. The number of benzene rings is 1. The van der Waals surface area contributed by atoms with Gasteiger partial charge in [-0.1, -0.05) is 12.1 Å². The third-order valence-electron chi connectivity index (χ3n) is 2.88. The monoisotopic (exact) mass is 358 g/mol. The second-order valence-electron chi connectivity index (χ2n) is 6.20. The molecule has 0 bridgehead atoms. The normalized spacial score (nSPS) is 13.8. The van der Waals surface area contributed by atoms with Crippen molar-refractivity contribution in [3.8, 4) is 0 Å². The van der Waals surface area contributed by atoms with Gasteiger partial charge in [-0.05, 0) is 38.5 Å². The van der Waals surface area contributed by atoms with Crippen molar-refractivity contribution in [3.63, 3.8) is 0 Å². The molecule has 1 aromatic carbocycles. The first-order valence-electron chi connectivity index (χ1n) is 7.41. The molecule has 0 saturated carbocycles. The number of hydrogen-bond donors (Lipinski definition) is 4. The minimum absolute atomic E-state index is 0.153. The van der Waals surface area contributed by atoms with Crippen molar-refractivity contribution in [3.05, 3.63) is 29.8 Å². The second-order valence-corrected chi connectivity index (χ2v) is 6.47. The maximum atomic E-state index is 11.5. The SMILES string of the molecule is CC(C)(C)OC(=O)NCC(O)C(O)c1ccc(NC(=O)CCl)cc1. The van der Waals surface area contributed by atoms with Gasteiger partial charge < -0.3 is 25.6 Å². The lowest BCUT2D eigenvalue weighted by Gasteiger charge is -2.22. The van der Waals surface area contributed by atoms with E-state index in [1.807, 2.05) is 0 Å². The molecule has 8 heteroatoms. The van der Waals surface area contributed by atoms with Gasteiger partial charge in [-0.15, -0.1) is 11.6 Å². The Balaban J connectivity index is 2.54. The van der Waals surface area contributed by atoms with E-state index in [-0.39, 0.29) is 18.3 Å². The van der Waals surface area contributed by atoms with Crippen LogP contribution in [0.25, 0.3) is 0 Å². The molecular weight excluding hydrogens is 336 g/mol. The van der Waals surface area contributed by atoms with Crippen LogP contribution in [0.2, 0.25) is 0 Å². The average molecular weight is 359 g/mol. The number of aliphatic hydroxyl groups is 2. The van der Waals surface area contributed by atoms with Gasteiger partial charge in [0.05, 0.1) is 0 Å². The van der Waals surface area contributed by atoms with Crippen LogP contribution in [0.3, 0.4) is 0 Å². The summed E-state index contributed by atoms with van der Waals surface area (Å²) in [6, 6.07) is 6.28. The molecule has 0 spiro atoms. The smallest absolute Gasteiger partial charge is 0.407 e. The maximum Gasteiger partial charge on any atom is 0.407 e. The number of carbonyl (C=O) groups is 2. The number of alkyl halides is 1. The van der Waals surface area contributed by atoms with Crippen molar-refractivity contribution >= 4 is 29.3 Å². The fraction of sp³-hybridized carbons (Fsp3) is 0.500. The molecule has 0 aliphatic heterocycles. The van der Waals surface area contributed by atoms with Gasteiger partial charge >= 0.3 is 6.09 Å². The summed E-state index contributed by atoms with van der Waals surface area (Å²) < 4.78 is 5.04. The summed E-state index contributed by atoms with van der Waals surface area (Å²) in [6.07, 6.45) is -3.08. The number of hydrogen-bond acceptors (Lipinski definition) is 5. The fourth-order valence-corrected chi connectivity index (χ4v) is 1.86. The highest BCUT2D eigenvalue weighted by molar-refractivity contribution is 6.29. The molecule has 1 rings (SSSR count). The number of aliphatic hydroxyl groups excluding tert-OH is 2. The van der Waals surface area contributed by atoms with Gasteiger partial charge in [-0.3, -0.25) is 4.79 Å². The van der Waals surface area contributed by atoms with Crippen LogP contribution in [0.4, 0.5) is 10.5 Å². The zero-order valence-electron chi connectivity index (χ0n) is 13.9. The van der Waals surface area contributed by atoms with Gasteiger partial charge in [0.1, 0.15) is 23.7 Å². The lowest BCUT2D eigenvalue weighted by atomic mass is 10.0. The van der Waals surface area contributed by atoms with E-state index in [9.17, 15) is 19.8 Å². The first-order chi connectivity index (χ1) is 11.1. The summed E-state index contributed by atoms with van der Waals surface area (Å²) >= 11 is 5.40. The van der Waals surface area contributed by atoms with Crippen molar-refractivity contribution < 1.29 is 24.5 Å². The van der Waals surface area contributed by atoms with Gasteiger partial charge in [0.25, 0.3) is 0 Å². The topological polar surface area (TPSA) is 108 Å². The van der Waals surface area contributed by atoms with Crippen LogP contribution >= 0.6 is 11.6 Å². The molecule has 2 amide bonds. The van der Waals surface area contributed by atoms with Crippen molar-refractivity contribution in [2.75, 3.05) is 17.7 Å². The summed E-state index contributed by atoms with van der Waals surface area (Å²) in [5.41, 5.74) is 0.326. The van der Waals surface area contributed by atoms with Gasteiger partial charge in [-0.25, -0.2) is 4.79 Å². The summed E-state index contributed by atoms with van der Waals surface area (Å²) in [5.74, 6) is -0.494. The van der Waals surface area contributed by atoms with Gasteiger partial charge in [0.2, 0.25) is 5.91 Å². The Hall–Kier alpha value is -1.83. The number of amides is 2. The summed E-state index contributed by atoms with van der Waals surface area (Å²) in [5, 5.41) is 25.0. The molecule has 0 fully saturated rings. The van der Waals surface area contributed by atoms with Gasteiger partial charge in [-0.2, -0.15) is 0 Å². The number of halogens is 1. The van der Waals surface area contributed by atoms with Crippen LogP contribution in [0.5, 0.6) is 0 Å². The Morgan fingerprint density at radius 1 is 1.21 bits per heavy atom. The van der Waals surface area contributed by atoms with Crippen LogP contribution in [0.1, 0.15) is 32.4 Å². The van der Waals surface area contributed by atoms with E-state index in [2.05, 4.69) is 10.6 Å². The van der Waals surface area contributed by atoms with E-state index in [1.165, 1.54) is 0 Å². The third-order valence-corrected chi connectivity index (χ3v) is 3.12. The first-order valence-corrected chi connectivity index (χ1v) is 7.94. The van der Waals surface area contributed by atoms with E-state index in [4.69, 9.17) is 16.3 Å². The molecular formula is C16H23ClN2O5. The van der Waals surface area contributed by atoms with Crippen molar-refractivity contribution in [2.45, 2.75) is 38.6 Å². The molecule has 7 nitrogen and oxygen atoms in total. The molecule has 4 N–H and O–H groups in total. The summed E-state index contributed by atoms with van der Waals surface area (Å²) in [7, 11) is 0. The summed E-state index contributed by atoms with van der Waals surface area (Å²) in [6.45, 7) is 5.01. The molecule has 0 heterocycles. The van der Waals surface area contributed by atoms with E-state index < -0.39 is 23.9 Å². The molecule has 2 unspecified atom stereocenters. The maximum absolute atomic E-state index is 11.5. The lowest BCUT2D eigenvalue weighted by Crippen LogP contribution is -2.38. The number of rotatable bonds is 6. The Morgan fingerprint density at radius 3 is 2.29 bits per heavy atom. The molecule has 0 radical (unpaired) electrons. The Kier molecular flexibility index (Phi) is 7.47. The highest BCUT2D eigenvalue weighted by Crippen LogP contribution is 2.19. The number of carbonyl (C=O) groups excluding carboxylic acids is 2. The van der Waals surface area contributed by atoms with Crippen LogP contribution in [-0.2, 0) is 9.53 Å². The van der Waals surface area contributed by atoms with Gasteiger partial charge in [0, 0.05) is 12.2 Å². The Labute approximate surface area is 146 Å². The van der Waals surface area contributed by atoms with E-state index in [0.29, 0.717) is 11.3 Å². The highest BCUT2D eigenvalue weighted by Gasteiger charge is 2.21. The summed E-state index contributed by atoms with van der Waals surface area (Å²) in [4.78, 5) is 22.7. The lowest BCUT2D eigenvalue weighted by molar-refractivity contribution is -0.113. The largest absolute Gasteiger partial charge is 0.444 e. The quantitative estimate of drug-likeness (QED) is 0.580. The van der Waals surface area contributed by atoms with Crippen LogP contribution in [0, 0.1) is 0 Å². The van der Waals surface area contributed by atoms with Crippen molar-refractivity contribution in [2.24, 2.45) is 0 Å². The number of nitrogens with one attached hydrogen (secondary N) is 2. The van der Waals surface area contributed by atoms with Gasteiger partial charge in [0.15, 0.2) is 0 Å². The minimum atomic E-state index is -1.21. The Bertz CT molecular complexity index is 557. The standard InChI is InChI=1S/C16H23ClN2O5/c1-16(2,3)24-15(23)18-9-12(20)14(22)10-4-6-11(7-5-10)19-13(21)8-17/h4-7,12,14,20,22H,8-9H2,1-3H3,(H,18,23)(H,19,21). The van der Waals surface area contributed by atoms with E-state index >= 15 is 0 Å². The van der Waals surface area contributed by atoms with Crippen molar-refractivity contribution in [1.82, 2.24) is 5.32 Å². The second kappa shape index (κ2) is 8.86. The zero-order chi connectivity index (χ0) is 18.3. The Morgan fingerprint density at radius 2 is 1.79 bits per heavy atom. The fourth-order valence-electron chi connectivity index (χ4n) is 1.79. The molecule has 1 aromatic rings. The molecule has 134 valence electrons. The zero-order valence-corrected chi connectivity index (χ0v) is 14.6. The highest BCUT2D eigenvalue weighted by atomic mass is 35.5. The van der Waals surface area contributed by atoms with Crippen LogP contribution in [0.15, 0.2) is 24.3 Å². The van der Waals surface area contributed by atoms with Crippen LogP contribution in [-0.4, -0.2) is 46.3 Å². The molecule has 0 aliphatic rings. The number of anilines is 1. The molecule has 2 atom stereocenters. The molecule has 24 heavy (non-hydrogen) atoms. The van der Waals surface area contributed by atoms with Crippen LogP contribution < -0.4 is 10.6 Å². The minimum Gasteiger partial charge on any atom is -0.444 e. The number of ether oxygens (including phenoxy) is 1. The average Bonchev–Trinajstić information content (AvgIpc) is 2.50. The molecule has 0 aromatic heterocycles. The first kappa shape index (κ1) is 20.2. The van der Waals surface area contributed by atoms with Crippen molar-refractivity contribution in [1.29, 1.82) is 0 Å². The van der Waals surface area contributed by atoms with E-state index in [0.717, 1.165) is 0 Å². The molecule has 0 aliphatic carbocycles. The number of alkyl carbamates (subject to hydrolysis) is 1. The predicted molar refractivity (Wildman–Crippen MR) is 91.0 cm³/mol.